The van der Waals surface area contributed by atoms with Crippen LogP contribution in [0.4, 0.5) is 0 Å². The average molecular weight is 191 g/mol. The summed E-state index contributed by atoms with van der Waals surface area (Å²) in [6, 6.07) is 0. The van der Waals surface area contributed by atoms with Crippen LogP contribution in [0.5, 0.6) is 0 Å². The molecule has 0 amide bonds. The number of hydrogen-bond donors (Lipinski definition) is 2. The minimum atomic E-state index is -0.239. The Hall–Kier alpha value is -0.120. The van der Waals surface area contributed by atoms with Gasteiger partial charge in [-0.05, 0) is 33.4 Å². The fraction of sp³-hybridized carbons (Fsp3) is 1.00. The Labute approximate surface area is 82.5 Å². The summed E-state index contributed by atoms with van der Waals surface area (Å²) < 4.78 is 5.02. The van der Waals surface area contributed by atoms with Gasteiger partial charge in [-0.25, -0.2) is 0 Å². The molecule has 0 aromatic heterocycles. The summed E-state index contributed by atoms with van der Waals surface area (Å²) in [6.45, 7) is 6.82. The maximum absolute atomic E-state index is 9.36. The van der Waals surface area contributed by atoms with E-state index in [9.17, 15) is 5.11 Å². The number of methoxy groups -OCH3 is 1. The van der Waals surface area contributed by atoms with Crippen molar-refractivity contribution in [2.24, 2.45) is 0 Å². The van der Waals surface area contributed by atoms with E-state index in [0.717, 1.165) is 19.4 Å². The fourth-order valence-electron chi connectivity index (χ4n) is 0.908. The van der Waals surface area contributed by atoms with Crippen molar-refractivity contribution >= 4 is 0 Å². The van der Waals surface area contributed by atoms with Crippen molar-refractivity contribution < 1.29 is 9.84 Å². The van der Waals surface area contributed by atoms with E-state index in [0.29, 0.717) is 0 Å². The Morgan fingerprint density at radius 2 is 1.92 bits per heavy atom. The maximum atomic E-state index is 9.36. The molecule has 2 unspecified atom stereocenters. The summed E-state index contributed by atoms with van der Waals surface area (Å²) in [5.41, 5.74) is 0. The van der Waals surface area contributed by atoms with E-state index in [4.69, 9.17) is 4.74 Å². The maximum Gasteiger partial charge on any atom is 0.0577 e. The topological polar surface area (TPSA) is 41.5 Å². The average Bonchev–Trinajstić information content (AvgIpc) is 2.17. The van der Waals surface area contributed by atoms with Gasteiger partial charge in [-0.1, -0.05) is 13.8 Å². The number of aliphatic hydroxyl groups excluding tert-OH is 1. The molecule has 0 radical (unpaired) electrons. The van der Waals surface area contributed by atoms with E-state index in [2.05, 4.69) is 5.32 Å². The van der Waals surface area contributed by atoms with Crippen LogP contribution in [0.25, 0.3) is 0 Å². The van der Waals surface area contributed by atoms with E-state index < -0.39 is 0 Å². The highest BCUT2D eigenvalue weighted by Gasteiger charge is 2.08. The van der Waals surface area contributed by atoms with Gasteiger partial charge >= 0.3 is 0 Å². The summed E-state index contributed by atoms with van der Waals surface area (Å²) >= 11 is 0. The third-order valence-electron chi connectivity index (χ3n) is 1.73. The molecule has 0 aromatic carbocycles. The lowest BCUT2D eigenvalue weighted by Gasteiger charge is -2.14. The molecular weight excluding hydrogens is 166 g/mol. The summed E-state index contributed by atoms with van der Waals surface area (Å²) in [6.07, 6.45) is 1.43. The molecule has 2 N–H and O–H groups in total. The molecule has 82 valence electrons. The molecule has 0 saturated carbocycles. The number of aliphatic hydroxyl groups is 1. The Kier molecular flexibility index (Phi) is 14.0. The summed E-state index contributed by atoms with van der Waals surface area (Å²) in [5, 5.41) is 12.4. The summed E-state index contributed by atoms with van der Waals surface area (Å²) in [7, 11) is 3.54. The number of ether oxygens (including phenoxy) is 1. The lowest BCUT2D eigenvalue weighted by atomic mass is 10.1. The Bertz CT molecular complexity index is 89.0. The van der Waals surface area contributed by atoms with Crippen molar-refractivity contribution in [2.45, 2.75) is 45.8 Å². The highest BCUT2D eigenvalue weighted by atomic mass is 16.5. The van der Waals surface area contributed by atoms with E-state index in [1.54, 1.807) is 7.11 Å². The zero-order chi connectivity index (χ0) is 10.7. The monoisotopic (exact) mass is 191 g/mol. The fourth-order valence-corrected chi connectivity index (χ4v) is 0.908. The SMILES string of the molecule is CC.CNCCC(O)CC(C)OC. The van der Waals surface area contributed by atoms with Gasteiger partial charge in [0.05, 0.1) is 12.2 Å². The van der Waals surface area contributed by atoms with Crippen molar-refractivity contribution in [3.8, 4) is 0 Å². The molecule has 0 aliphatic heterocycles. The van der Waals surface area contributed by atoms with E-state index in [1.807, 2.05) is 27.8 Å². The first-order valence-electron chi connectivity index (χ1n) is 5.06. The minimum absolute atomic E-state index is 0.154. The van der Waals surface area contributed by atoms with Crippen molar-refractivity contribution in [3.05, 3.63) is 0 Å². The number of nitrogens with one attached hydrogen (secondary N) is 1. The highest BCUT2D eigenvalue weighted by Crippen LogP contribution is 2.03. The zero-order valence-electron chi connectivity index (χ0n) is 9.63. The van der Waals surface area contributed by atoms with Crippen LogP contribution in [0, 0.1) is 0 Å². The molecule has 0 spiro atoms. The van der Waals surface area contributed by atoms with Crippen molar-refractivity contribution in [2.75, 3.05) is 20.7 Å². The normalized spacial score (nSPS) is 14.3. The van der Waals surface area contributed by atoms with Gasteiger partial charge in [-0.15, -0.1) is 0 Å². The zero-order valence-corrected chi connectivity index (χ0v) is 9.63. The van der Waals surface area contributed by atoms with Crippen LogP contribution in [-0.2, 0) is 4.74 Å². The minimum Gasteiger partial charge on any atom is -0.393 e. The van der Waals surface area contributed by atoms with E-state index in [1.165, 1.54) is 0 Å². The second-order valence-corrected chi connectivity index (χ2v) is 2.83. The molecule has 3 nitrogen and oxygen atoms in total. The first kappa shape index (κ1) is 15.4. The van der Waals surface area contributed by atoms with Crippen LogP contribution in [0.15, 0.2) is 0 Å². The van der Waals surface area contributed by atoms with Crippen LogP contribution in [0.1, 0.15) is 33.6 Å². The van der Waals surface area contributed by atoms with Gasteiger partial charge in [0.15, 0.2) is 0 Å². The molecule has 0 aliphatic carbocycles. The molecule has 0 aliphatic rings. The first-order chi connectivity index (χ1) is 6.20. The number of hydrogen-bond acceptors (Lipinski definition) is 3. The first-order valence-corrected chi connectivity index (χ1v) is 5.06. The molecular formula is C10H25NO2. The van der Waals surface area contributed by atoms with Gasteiger partial charge in [0.25, 0.3) is 0 Å². The second kappa shape index (κ2) is 11.9. The third-order valence-corrected chi connectivity index (χ3v) is 1.73. The molecule has 0 rings (SSSR count). The largest absolute Gasteiger partial charge is 0.393 e. The quantitative estimate of drug-likeness (QED) is 0.667. The van der Waals surface area contributed by atoms with Gasteiger partial charge in [0, 0.05) is 7.11 Å². The Balaban J connectivity index is 0. The number of rotatable bonds is 6. The smallest absolute Gasteiger partial charge is 0.0577 e. The van der Waals surface area contributed by atoms with E-state index >= 15 is 0 Å². The Morgan fingerprint density at radius 1 is 1.38 bits per heavy atom. The lowest BCUT2D eigenvalue weighted by Crippen LogP contribution is -2.21. The summed E-state index contributed by atoms with van der Waals surface area (Å²) in [4.78, 5) is 0. The Morgan fingerprint density at radius 3 is 2.31 bits per heavy atom. The van der Waals surface area contributed by atoms with Gasteiger partial charge in [-0.3, -0.25) is 0 Å². The van der Waals surface area contributed by atoms with Gasteiger partial charge in [0.1, 0.15) is 0 Å². The van der Waals surface area contributed by atoms with Gasteiger partial charge in [0.2, 0.25) is 0 Å². The molecule has 3 heteroatoms. The molecule has 13 heavy (non-hydrogen) atoms. The molecule has 0 aromatic rings. The van der Waals surface area contributed by atoms with Crippen molar-refractivity contribution in [1.29, 1.82) is 0 Å². The van der Waals surface area contributed by atoms with Crippen molar-refractivity contribution in [1.82, 2.24) is 5.32 Å². The molecule has 0 heterocycles. The standard InChI is InChI=1S/C8H19NO2.C2H6/c1-7(11-3)6-8(10)4-5-9-2;1-2/h7-10H,4-6H2,1-3H3;1-2H3. The van der Waals surface area contributed by atoms with Crippen LogP contribution in [0.2, 0.25) is 0 Å². The van der Waals surface area contributed by atoms with E-state index in [-0.39, 0.29) is 12.2 Å². The van der Waals surface area contributed by atoms with Crippen LogP contribution < -0.4 is 5.32 Å². The van der Waals surface area contributed by atoms with Crippen LogP contribution >= 0.6 is 0 Å². The third kappa shape index (κ3) is 11.9. The predicted molar refractivity (Wildman–Crippen MR) is 57.0 cm³/mol. The summed E-state index contributed by atoms with van der Waals surface area (Å²) in [5.74, 6) is 0. The van der Waals surface area contributed by atoms with Crippen LogP contribution in [0.3, 0.4) is 0 Å². The molecule has 0 fully saturated rings. The predicted octanol–water partition coefficient (Wildman–Crippen LogP) is 1.41. The molecule has 0 saturated heterocycles. The second-order valence-electron chi connectivity index (χ2n) is 2.83. The van der Waals surface area contributed by atoms with Gasteiger partial charge < -0.3 is 15.2 Å². The molecule has 2 atom stereocenters. The van der Waals surface area contributed by atoms with Gasteiger partial charge in [-0.2, -0.15) is 0 Å². The highest BCUT2D eigenvalue weighted by molar-refractivity contribution is 4.61. The lowest BCUT2D eigenvalue weighted by molar-refractivity contribution is 0.0532. The molecule has 0 bridgehead atoms. The van der Waals surface area contributed by atoms with Crippen molar-refractivity contribution in [3.63, 3.8) is 0 Å². The van der Waals surface area contributed by atoms with Crippen LogP contribution in [-0.4, -0.2) is 38.0 Å².